The van der Waals surface area contributed by atoms with Gasteiger partial charge in [0.15, 0.2) is 0 Å². The molecule has 2 heterocycles. The van der Waals surface area contributed by atoms with Gasteiger partial charge in [-0.3, -0.25) is 14.3 Å². The van der Waals surface area contributed by atoms with E-state index < -0.39 is 0 Å². The zero-order valence-corrected chi connectivity index (χ0v) is 11.0. The maximum atomic E-state index is 11.7. The van der Waals surface area contributed by atoms with Gasteiger partial charge in [-0.05, 0) is 34.7 Å². The molecule has 2 rings (SSSR count). The van der Waals surface area contributed by atoms with Gasteiger partial charge in [-0.25, -0.2) is 4.98 Å². The molecule has 0 aliphatic carbocycles. The summed E-state index contributed by atoms with van der Waals surface area (Å²) in [6.07, 6.45) is 4.64. The number of hydrogen-bond acceptors (Lipinski definition) is 3. The summed E-state index contributed by atoms with van der Waals surface area (Å²) in [4.78, 5) is 19.8. The Morgan fingerprint density at radius 3 is 3.06 bits per heavy atom. The van der Waals surface area contributed by atoms with E-state index in [1.807, 2.05) is 22.6 Å². The number of halogens is 2. The summed E-state index contributed by atoms with van der Waals surface area (Å²) < 4.78 is 2.09. The third-order valence-corrected chi connectivity index (χ3v) is 2.95. The predicted molar refractivity (Wildman–Crippen MR) is 69.6 cm³/mol. The molecule has 0 bridgehead atoms. The van der Waals surface area contributed by atoms with Crippen molar-refractivity contribution in [3.63, 3.8) is 0 Å². The quantitative estimate of drug-likeness (QED) is 0.780. The smallest absolute Gasteiger partial charge is 0.267 e. The van der Waals surface area contributed by atoms with Gasteiger partial charge < -0.3 is 0 Å². The fraction of sp³-hybridized carbons (Fsp3) is 0.100. The molecule has 0 N–H and O–H groups in total. The van der Waals surface area contributed by atoms with Gasteiger partial charge in [0.1, 0.15) is 0 Å². The predicted octanol–water partition coefficient (Wildman–Crippen LogP) is 1.94. The fourth-order valence-electron chi connectivity index (χ4n) is 1.25. The SMILES string of the molecule is O=c1c(I)cncn1Cc1cc(Cl)ccn1. The van der Waals surface area contributed by atoms with E-state index >= 15 is 0 Å². The molecule has 0 aliphatic rings. The highest BCUT2D eigenvalue weighted by Gasteiger charge is 2.02. The average molecular weight is 348 g/mol. The van der Waals surface area contributed by atoms with Gasteiger partial charge in [0.2, 0.25) is 0 Å². The Kier molecular flexibility index (Phi) is 3.55. The van der Waals surface area contributed by atoms with Crippen LogP contribution in [-0.2, 0) is 6.54 Å². The van der Waals surface area contributed by atoms with E-state index in [9.17, 15) is 4.79 Å². The van der Waals surface area contributed by atoms with Crippen LogP contribution in [-0.4, -0.2) is 14.5 Å². The van der Waals surface area contributed by atoms with E-state index in [-0.39, 0.29) is 5.56 Å². The minimum Gasteiger partial charge on any atom is -0.292 e. The van der Waals surface area contributed by atoms with Crippen molar-refractivity contribution in [3.8, 4) is 0 Å². The zero-order chi connectivity index (χ0) is 11.5. The number of hydrogen-bond donors (Lipinski definition) is 0. The third kappa shape index (κ3) is 2.59. The van der Waals surface area contributed by atoms with Crippen molar-refractivity contribution in [1.82, 2.24) is 14.5 Å². The molecule has 0 saturated heterocycles. The van der Waals surface area contributed by atoms with Gasteiger partial charge in [0.05, 0.1) is 22.1 Å². The minimum atomic E-state index is -0.0719. The second-order valence-electron chi connectivity index (χ2n) is 3.14. The van der Waals surface area contributed by atoms with Crippen molar-refractivity contribution >= 4 is 34.2 Å². The van der Waals surface area contributed by atoms with Gasteiger partial charge in [0, 0.05) is 17.4 Å². The van der Waals surface area contributed by atoms with Crippen LogP contribution in [0.1, 0.15) is 5.69 Å². The van der Waals surface area contributed by atoms with Crippen LogP contribution in [0.15, 0.2) is 35.6 Å². The van der Waals surface area contributed by atoms with Gasteiger partial charge in [0.25, 0.3) is 5.56 Å². The Bertz CT molecular complexity index is 570. The molecule has 0 unspecified atom stereocenters. The van der Waals surface area contributed by atoms with Crippen molar-refractivity contribution in [1.29, 1.82) is 0 Å². The molecular formula is C10H7ClIN3O. The Hall–Kier alpha value is -0.950. The Morgan fingerprint density at radius 2 is 2.31 bits per heavy atom. The minimum absolute atomic E-state index is 0.0719. The molecule has 0 aromatic carbocycles. The van der Waals surface area contributed by atoms with E-state index in [1.54, 1.807) is 18.3 Å². The van der Waals surface area contributed by atoms with Crippen LogP contribution in [0.3, 0.4) is 0 Å². The average Bonchev–Trinajstić information content (AvgIpc) is 2.25. The first-order valence-electron chi connectivity index (χ1n) is 4.47. The van der Waals surface area contributed by atoms with E-state index in [0.717, 1.165) is 5.69 Å². The molecule has 0 fully saturated rings. The highest BCUT2D eigenvalue weighted by molar-refractivity contribution is 14.1. The largest absolute Gasteiger partial charge is 0.292 e. The van der Waals surface area contributed by atoms with Crippen LogP contribution in [0.5, 0.6) is 0 Å². The molecule has 0 spiro atoms. The monoisotopic (exact) mass is 347 g/mol. The molecular weight excluding hydrogens is 340 g/mol. The molecule has 82 valence electrons. The lowest BCUT2D eigenvalue weighted by Crippen LogP contribution is -2.23. The van der Waals surface area contributed by atoms with E-state index in [4.69, 9.17) is 11.6 Å². The summed E-state index contributed by atoms with van der Waals surface area (Å²) in [6.45, 7) is 0.378. The lowest BCUT2D eigenvalue weighted by molar-refractivity contribution is 0.713. The summed E-state index contributed by atoms with van der Waals surface area (Å²) in [6, 6.07) is 3.43. The molecule has 16 heavy (non-hydrogen) atoms. The third-order valence-electron chi connectivity index (χ3n) is 1.97. The lowest BCUT2D eigenvalue weighted by atomic mass is 10.3. The van der Waals surface area contributed by atoms with Gasteiger partial charge in [-0.2, -0.15) is 0 Å². The molecule has 2 aromatic heterocycles. The van der Waals surface area contributed by atoms with Crippen molar-refractivity contribution in [2.24, 2.45) is 0 Å². The first-order chi connectivity index (χ1) is 7.66. The Morgan fingerprint density at radius 1 is 1.50 bits per heavy atom. The van der Waals surface area contributed by atoms with Gasteiger partial charge >= 0.3 is 0 Å². The normalized spacial score (nSPS) is 10.4. The first-order valence-corrected chi connectivity index (χ1v) is 5.93. The van der Waals surface area contributed by atoms with Crippen LogP contribution in [0.25, 0.3) is 0 Å². The van der Waals surface area contributed by atoms with Crippen molar-refractivity contribution < 1.29 is 0 Å². The number of pyridine rings is 1. The number of rotatable bonds is 2. The van der Waals surface area contributed by atoms with Crippen LogP contribution < -0.4 is 5.56 Å². The number of aromatic nitrogens is 3. The van der Waals surface area contributed by atoms with Crippen LogP contribution in [0.2, 0.25) is 5.02 Å². The topological polar surface area (TPSA) is 47.8 Å². The molecule has 6 heteroatoms. The molecule has 4 nitrogen and oxygen atoms in total. The van der Waals surface area contributed by atoms with E-state index in [0.29, 0.717) is 15.1 Å². The maximum Gasteiger partial charge on any atom is 0.267 e. The summed E-state index contributed by atoms with van der Waals surface area (Å²) in [7, 11) is 0. The number of nitrogens with zero attached hydrogens (tertiary/aromatic N) is 3. The summed E-state index contributed by atoms with van der Waals surface area (Å²) >= 11 is 7.79. The van der Waals surface area contributed by atoms with Crippen molar-refractivity contribution in [3.05, 3.63) is 55.5 Å². The molecule has 0 atom stereocenters. The van der Waals surface area contributed by atoms with Crippen LogP contribution in [0.4, 0.5) is 0 Å². The fourth-order valence-corrected chi connectivity index (χ4v) is 1.90. The molecule has 2 aromatic rings. The van der Waals surface area contributed by atoms with E-state index in [2.05, 4.69) is 9.97 Å². The molecule has 0 radical (unpaired) electrons. The summed E-state index contributed by atoms with van der Waals surface area (Å²) in [5, 5.41) is 0.608. The summed E-state index contributed by atoms with van der Waals surface area (Å²) in [5.74, 6) is 0. The molecule has 0 saturated carbocycles. The second-order valence-corrected chi connectivity index (χ2v) is 4.74. The maximum absolute atomic E-state index is 11.7. The lowest BCUT2D eigenvalue weighted by Gasteiger charge is -2.04. The highest BCUT2D eigenvalue weighted by atomic mass is 127. The molecule has 0 aliphatic heterocycles. The first kappa shape index (κ1) is 11.5. The second kappa shape index (κ2) is 4.92. The van der Waals surface area contributed by atoms with Crippen LogP contribution >= 0.6 is 34.2 Å². The standard InChI is InChI=1S/C10H7ClIN3O/c11-7-1-2-14-8(3-7)5-15-6-13-4-9(12)10(15)16/h1-4,6H,5H2. The van der Waals surface area contributed by atoms with Gasteiger partial charge in [-0.15, -0.1) is 0 Å². The van der Waals surface area contributed by atoms with Crippen molar-refractivity contribution in [2.45, 2.75) is 6.54 Å². The van der Waals surface area contributed by atoms with E-state index in [1.165, 1.54) is 17.1 Å². The van der Waals surface area contributed by atoms with Gasteiger partial charge in [-0.1, -0.05) is 11.6 Å². The Balaban J connectivity index is 2.34. The zero-order valence-electron chi connectivity index (χ0n) is 8.10. The van der Waals surface area contributed by atoms with Crippen LogP contribution in [0, 0.1) is 3.57 Å². The van der Waals surface area contributed by atoms with Crippen molar-refractivity contribution in [2.75, 3.05) is 0 Å². The summed E-state index contributed by atoms with van der Waals surface area (Å²) in [5.41, 5.74) is 0.663. The Labute approximate surface area is 110 Å². The molecule has 0 amide bonds. The highest BCUT2D eigenvalue weighted by Crippen LogP contribution is 2.08.